The quantitative estimate of drug-likeness (QED) is 0.146. The van der Waals surface area contributed by atoms with E-state index in [9.17, 15) is 9.59 Å². The fraction of sp³-hybridized carbons (Fsp3) is 0.353. The Labute approximate surface area is 286 Å². The maximum atomic E-state index is 13.5. The zero-order valence-electron chi connectivity index (χ0n) is 25.0. The van der Waals surface area contributed by atoms with E-state index < -0.39 is 59.6 Å². The van der Waals surface area contributed by atoms with Gasteiger partial charge in [0, 0.05) is 11.5 Å². The number of carbonyl (C=O) groups is 2. The van der Waals surface area contributed by atoms with Crippen LogP contribution in [0, 0.1) is 0 Å². The number of hydrogen-bond donors (Lipinski definition) is 1. The van der Waals surface area contributed by atoms with Crippen molar-refractivity contribution >= 4 is 47.1 Å². The van der Waals surface area contributed by atoms with Crippen LogP contribution in [-0.2, 0) is 33.2 Å². The van der Waals surface area contributed by atoms with E-state index in [0.717, 1.165) is 27.8 Å². The van der Waals surface area contributed by atoms with Gasteiger partial charge in [0.1, 0.15) is 31.5 Å². The largest absolute Gasteiger partial charge is 0.508 e. The molecular formula is C34H32Cl3NO9. The predicted molar refractivity (Wildman–Crippen MR) is 173 cm³/mol. The SMILES string of the molecule is C=CCO[C@H]1O[C@@H]2COC(c3ccccc3)O[C@H]2[C@H](OC(=O)OCC2c3ccccc3-c3ccccc32)[C@H]1NC(=O)OCC(Cl)(Cl)Cl. The van der Waals surface area contributed by atoms with Crippen molar-refractivity contribution in [1.82, 2.24) is 5.32 Å². The van der Waals surface area contributed by atoms with E-state index in [0.29, 0.717) is 0 Å². The van der Waals surface area contributed by atoms with E-state index in [1.165, 1.54) is 6.08 Å². The average Bonchev–Trinajstić information content (AvgIpc) is 3.40. The van der Waals surface area contributed by atoms with Crippen molar-refractivity contribution in [2.45, 2.75) is 46.6 Å². The Bertz CT molecular complexity index is 1520. The minimum absolute atomic E-state index is 0.0144. The molecule has 0 aromatic heterocycles. The molecule has 3 aliphatic rings. The first-order valence-corrected chi connectivity index (χ1v) is 16.1. The number of alkyl halides is 3. The van der Waals surface area contributed by atoms with Crippen LogP contribution in [0.15, 0.2) is 91.5 Å². The molecule has 0 spiro atoms. The third-order valence-electron chi connectivity index (χ3n) is 8.00. The maximum Gasteiger partial charge on any atom is 0.508 e. The van der Waals surface area contributed by atoms with Gasteiger partial charge in [-0.2, -0.15) is 0 Å². The van der Waals surface area contributed by atoms with E-state index in [4.69, 9.17) is 68.0 Å². The highest BCUT2D eigenvalue weighted by atomic mass is 35.6. The lowest BCUT2D eigenvalue weighted by Crippen LogP contribution is -2.67. The fourth-order valence-corrected chi connectivity index (χ4v) is 6.17. The Hall–Kier alpha value is -3.35. The van der Waals surface area contributed by atoms with Crippen molar-refractivity contribution in [3.63, 3.8) is 0 Å². The predicted octanol–water partition coefficient (Wildman–Crippen LogP) is 6.83. The summed E-state index contributed by atoms with van der Waals surface area (Å²) >= 11 is 17.3. The molecule has 6 rings (SSSR count). The Morgan fingerprint density at radius 1 is 0.915 bits per heavy atom. The maximum absolute atomic E-state index is 13.5. The molecule has 248 valence electrons. The lowest BCUT2D eigenvalue weighted by molar-refractivity contribution is -0.343. The summed E-state index contributed by atoms with van der Waals surface area (Å²) in [6.45, 7) is 3.28. The van der Waals surface area contributed by atoms with Gasteiger partial charge in [0.05, 0.1) is 13.2 Å². The summed E-state index contributed by atoms with van der Waals surface area (Å²) in [6.07, 6.45) is -5.23. The molecule has 10 nitrogen and oxygen atoms in total. The molecule has 13 heteroatoms. The summed E-state index contributed by atoms with van der Waals surface area (Å²) in [7, 11) is 0. The van der Waals surface area contributed by atoms with Crippen LogP contribution in [-0.4, -0.2) is 73.1 Å². The van der Waals surface area contributed by atoms with Crippen molar-refractivity contribution in [3.8, 4) is 11.1 Å². The minimum Gasteiger partial charge on any atom is -0.445 e. The molecule has 2 aliphatic heterocycles. The van der Waals surface area contributed by atoms with Crippen LogP contribution in [0.5, 0.6) is 0 Å². The lowest BCUT2D eigenvalue weighted by atomic mass is 9.95. The normalized spacial score (nSPS) is 25.1. The number of rotatable bonds is 9. The van der Waals surface area contributed by atoms with Crippen molar-refractivity contribution < 1.29 is 42.7 Å². The van der Waals surface area contributed by atoms with Gasteiger partial charge in [-0.25, -0.2) is 9.59 Å². The second-order valence-corrected chi connectivity index (χ2v) is 13.6. The highest BCUT2D eigenvalue weighted by Crippen LogP contribution is 2.44. The van der Waals surface area contributed by atoms with Crippen LogP contribution in [0.2, 0.25) is 0 Å². The van der Waals surface area contributed by atoms with Gasteiger partial charge >= 0.3 is 12.2 Å². The van der Waals surface area contributed by atoms with Crippen LogP contribution in [0.4, 0.5) is 9.59 Å². The van der Waals surface area contributed by atoms with Crippen LogP contribution in [0.3, 0.4) is 0 Å². The van der Waals surface area contributed by atoms with E-state index >= 15 is 0 Å². The van der Waals surface area contributed by atoms with Gasteiger partial charge in [-0.1, -0.05) is 120 Å². The zero-order chi connectivity index (χ0) is 33.0. The molecule has 3 aromatic carbocycles. The zero-order valence-corrected chi connectivity index (χ0v) is 27.2. The van der Waals surface area contributed by atoms with Crippen molar-refractivity contribution in [2.75, 3.05) is 26.4 Å². The second-order valence-electron chi connectivity index (χ2n) is 11.1. The topological polar surface area (TPSA) is 111 Å². The second kappa shape index (κ2) is 14.8. The Balaban J connectivity index is 1.24. The first-order chi connectivity index (χ1) is 22.7. The van der Waals surface area contributed by atoms with Crippen LogP contribution in [0.1, 0.15) is 28.9 Å². The van der Waals surface area contributed by atoms with E-state index in [1.54, 1.807) is 0 Å². The molecule has 47 heavy (non-hydrogen) atoms. The van der Waals surface area contributed by atoms with Gasteiger partial charge in [-0.3, -0.25) is 0 Å². The number of carbonyl (C=O) groups excluding carboxylic acids is 2. The standard InChI is InChI=1S/C34H32Cl3NO9/c1-2-16-41-31-27(38-32(39)44-19-34(35,36)37)29(28-26(45-31)18-42-30(46-28)20-10-4-3-5-11-20)47-33(40)43-17-25-23-14-8-6-12-21(23)22-13-7-9-15-24(22)25/h2-15,25-31H,1,16-19H2,(H,38,39)/t26-,27-,28-,29-,30?,31+/m1/s1. The third kappa shape index (κ3) is 7.87. The molecule has 0 bridgehead atoms. The molecule has 2 fully saturated rings. The highest BCUT2D eigenvalue weighted by molar-refractivity contribution is 6.67. The first-order valence-electron chi connectivity index (χ1n) is 14.9. The number of alkyl carbamates (subject to hydrolysis) is 1. The molecule has 2 heterocycles. The Morgan fingerprint density at radius 2 is 1.57 bits per heavy atom. The van der Waals surface area contributed by atoms with Crippen molar-refractivity contribution in [3.05, 3.63) is 108 Å². The monoisotopic (exact) mass is 703 g/mol. The number of amides is 1. The van der Waals surface area contributed by atoms with Crippen LogP contribution >= 0.6 is 34.8 Å². The molecule has 1 unspecified atom stereocenters. The third-order valence-corrected chi connectivity index (χ3v) is 8.33. The van der Waals surface area contributed by atoms with Crippen molar-refractivity contribution in [2.24, 2.45) is 0 Å². The molecule has 1 N–H and O–H groups in total. The summed E-state index contributed by atoms with van der Waals surface area (Å²) in [5.74, 6) is -0.200. The molecule has 1 amide bonds. The molecular weight excluding hydrogens is 673 g/mol. The summed E-state index contributed by atoms with van der Waals surface area (Å²) in [5.41, 5.74) is 4.99. The number of ether oxygens (including phenoxy) is 7. The smallest absolute Gasteiger partial charge is 0.445 e. The molecule has 1 aliphatic carbocycles. The first kappa shape index (κ1) is 33.5. The number of hydrogen-bond acceptors (Lipinski definition) is 9. The minimum atomic E-state index is -1.85. The molecule has 0 radical (unpaired) electrons. The van der Waals surface area contributed by atoms with E-state index in [2.05, 4.69) is 11.9 Å². The van der Waals surface area contributed by atoms with E-state index in [-0.39, 0.29) is 25.7 Å². The average molecular weight is 705 g/mol. The number of nitrogens with one attached hydrogen (secondary N) is 1. The Morgan fingerprint density at radius 3 is 2.23 bits per heavy atom. The fourth-order valence-electron chi connectivity index (χ4n) is 6.01. The lowest BCUT2D eigenvalue weighted by Gasteiger charge is -2.48. The molecule has 0 saturated carbocycles. The number of fused-ring (bicyclic) bond motifs is 4. The summed E-state index contributed by atoms with van der Waals surface area (Å²) in [6, 6.07) is 24.1. The highest BCUT2D eigenvalue weighted by Gasteiger charge is 2.53. The van der Waals surface area contributed by atoms with Gasteiger partial charge in [-0.15, -0.1) is 6.58 Å². The van der Waals surface area contributed by atoms with Gasteiger partial charge in [0.15, 0.2) is 18.7 Å². The van der Waals surface area contributed by atoms with Gasteiger partial charge < -0.3 is 38.5 Å². The van der Waals surface area contributed by atoms with Gasteiger partial charge in [0.25, 0.3) is 0 Å². The number of benzene rings is 3. The van der Waals surface area contributed by atoms with E-state index in [1.807, 2.05) is 78.9 Å². The number of halogens is 3. The van der Waals surface area contributed by atoms with Crippen LogP contribution < -0.4 is 5.32 Å². The van der Waals surface area contributed by atoms with Gasteiger partial charge in [0.2, 0.25) is 3.79 Å². The summed E-state index contributed by atoms with van der Waals surface area (Å²) in [5, 5.41) is 2.64. The molecule has 3 aromatic rings. The van der Waals surface area contributed by atoms with Crippen molar-refractivity contribution in [1.29, 1.82) is 0 Å². The molecule has 6 atom stereocenters. The van der Waals surface area contributed by atoms with Gasteiger partial charge in [-0.05, 0) is 22.3 Å². The molecule has 2 saturated heterocycles. The Kier molecular flexibility index (Phi) is 10.6. The summed E-state index contributed by atoms with van der Waals surface area (Å²) in [4.78, 5) is 26.4. The van der Waals surface area contributed by atoms with Crippen LogP contribution in [0.25, 0.3) is 11.1 Å². The summed E-state index contributed by atoms with van der Waals surface area (Å²) < 4.78 is 39.3.